The molecule has 0 unspecified atom stereocenters. The van der Waals surface area contributed by atoms with Crippen LogP contribution in [0.5, 0.6) is 0 Å². The van der Waals surface area contributed by atoms with Crippen molar-refractivity contribution in [1.29, 1.82) is 0 Å². The van der Waals surface area contributed by atoms with Crippen molar-refractivity contribution in [2.75, 3.05) is 18.9 Å². The minimum absolute atomic E-state index is 0.0689. The fraction of sp³-hybridized carbons (Fsp3) is 0.800. The van der Waals surface area contributed by atoms with E-state index < -0.39 is 11.7 Å². The van der Waals surface area contributed by atoms with Crippen LogP contribution in [-0.4, -0.2) is 36.6 Å². The van der Waals surface area contributed by atoms with Gasteiger partial charge in [0.2, 0.25) is 0 Å². The van der Waals surface area contributed by atoms with E-state index in [4.69, 9.17) is 9.47 Å². The highest BCUT2D eigenvalue weighted by atomic mass is 32.1. The molecule has 0 saturated heterocycles. The zero-order valence-corrected chi connectivity index (χ0v) is 10.8. The van der Waals surface area contributed by atoms with E-state index in [0.29, 0.717) is 13.0 Å². The highest BCUT2D eigenvalue weighted by Crippen LogP contribution is 2.06. The largest absolute Gasteiger partial charge is 0.465 e. The number of carbonyl (C=O) groups excluding carboxylic acids is 2. The predicted octanol–water partition coefficient (Wildman–Crippen LogP) is 1.37. The van der Waals surface area contributed by atoms with Crippen LogP contribution in [0.2, 0.25) is 0 Å². The number of nitrogens with one attached hydrogen (secondary N) is 1. The van der Waals surface area contributed by atoms with Gasteiger partial charge in [0.15, 0.2) is 0 Å². The van der Waals surface area contributed by atoms with E-state index in [9.17, 15) is 9.59 Å². The number of esters is 1. The van der Waals surface area contributed by atoms with E-state index in [0.717, 1.165) is 0 Å². The van der Waals surface area contributed by atoms with Gasteiger partial charge >= 0.3 is 12.1 Å². The van der Waals surface area contributed by atoms with Gasteiger partial charge in [-0.3, -0.25) is 4.79 Å². The summed E-state index contributed by atoms with van der Waals surface area (Å²) < 4.78 is 9.78. The summed E-state index contributed by atoms with van der Waals surface area (Å²) in [5, 5.41) is 2.56. The first-order chi connectivity index (χ1) is 7.35. The lowest BCUT2D eigenvalue weighted by molar-refractivity contribution is -0.140. The molecular weight excluding hydrogens is 230 g/mol. The van der Waals surface area contributed by atoms with Crippen molar-refractivity contribution in [2.45, 2.75) is 32.8 Å². The number of hydrogen-bond donors (Lipinski definition) is 2. The molecule has 0 aromatic heterocycles. The van der Waals surface area contributed by atoms with Crippen molar-refractivity contribution >= 4 is 24.7 Å². The molecule has 0 atom stereocenters. The molecule has 0 bridgehead atoms. The molecule has 0 aromatic carbocycles. The monoisotopic (exact) mass is 249 g/mol. The third-order valence-electron chi connectivity index (χ3n) is 1.38. The summed E-state index contributed by atoms with van der Waals surface area (Å²) in [6.45, 7) is 6.06. The minimum Gasteiger partial charge on any atom is -0.465 e. The molecule has 0 heterocycles. The van der Waals surface area contributed by atoms with Crippen LogP contribution in [0.25, 0.3) is 0 Å². The number of hydrogen-bond acceptors (Lipinski definition) is 5. The molecule has 1 amide bonds. The highest BCUT2D eigenvalue weighted by Gasteiger charge is 2.15. The Balaban J connectivity index is 3.45. The molecule has 0 saturated carbocycles. The first-order valence-corrected chi connectivity index (χ1v) is 5.72. The summed E-state index contributed by atoms with van der Waals surface area (Å²) >= 11 is 3.76. The predicted molar refractivity (Wildman–Crippen MR) is 63.7 cm³/mol. The Kier molecular flexibility index (Phi) is 6.96. The van der Waals surface area contributed by atoms with Crippen LogP contribution in [0.4, 0.5) is 4.79 Å². The van der Waals surface area contributed by atoms with Crippen LogP contribution < -0.4 is 5.32 Å². The molecule has 1 N–H and O–H groups in total. The fourth-order valence-electron chi connectivity index (χ4n) is 0.808. The lowest BCUT2D eigenvalue weighted by Crippen LogP contribution is -2.33. The third-order valence-corrected chi connectivity index (χ3v) is 1.64. The summed E-state index contributed by atoms with van der Waals surface area (Å²) in [4.78, 5) is 21.8. The Hall–Kier alpha value is -0.910. The Morgan fingerprint density at radius 3 is 2.44 bits per heavy atom. The second-order valence-corrected chi connectivity index (χ2v) is 4.48. The van der Waals surface area contributed by atoms with Crippen LogP contribution >= 0.6 is 12.6 Å². The second kappa shape index (κ2) is 7.38. The Morgan fingerprint density at radius 2 is 1.94 bits per heavy atom. The van der Waals surface area contributed by atoms with Crippen molar-refractivity contribution in [3.63, 3.8) is 0 Å². The number of thiol groups is 1. The first kappa shape index (κ1) is 15.1. The molecule has 16 heavy (non-hydrogen) atoms. The smallest absolute Gasteiger partial charge is 0.407 e. The Bertz CT molecular complexity index is 237. The average molecular weight is 249 g/mol. The van der Waals surface area contributed by atoms with E-state index in [2.05, 4.69) is 17.9 Å². The van der Waals surface area contributed by atoms with Crippen molar-refractivity contribution in [2.24, 2.45) is 0 Å². The van der Waals surface area contributed by atoms with Crippen LogP contribution in [0.1, 0.15) is 27.2 Å². The maximum absolute atomic E-state index is 11.2. The molecule has 0 rings (SSSR count). The quantitative estimate of drug-likeness (QED) is 0.439. The van der Waals surface area contributed by atoms with E-state index in [1.807, 2.05) is 0 Å². The molecule has 0 spiro atoms. The highest BCUT2D eigenvalue weighted by molar-refractivity contribution is 7.81. The number of rotatable bonds is 5. The molecule has 0 aliphatic carbocycles. The SMILES string of the molecule is CC(C)(C)OC(=O)NCCCOC(=O)CS. The molecule has 94 valence electrons. The van der Waals surface area contributed by atoms with Crippen LogP contribution in [0.15, 0.2) is 0 Å². The van der Waals surface area contributed by atoms with Gasteiger partial charge < -0.3 is 14.8 Å². The van der Waals surface area contributed by atoms with Crippen molar-refractivity contribution in [3.05, 3.63) is 0 Å². The van der Waals surface area contributed by atoms with Gasteiger partial charge in [0.1, 0.15) is 5.60 Å². The summed E-state index contributed by atoms with van der Waals surface area (Å²) in [7, 11) is 0. The van der Waals surface area contributed by atoms with E-state index in [1.165, 1.54) is 0 Å². The molecule has 0 aromatic rings. The lowest BCUT2D eigenvalue weighted by atomic mass is 10.2. The van der Waals surface area contributed by atoms with Gasteiger partial charge in [0.25, 0.3) is 0 Å². The molecule has 0 fully saturated rings. The van der Waals surface area contributed by atoms with Gasteiger partial charge in [-0.1, -0.05) is 0 Å². The molecule has 0 aliphatic heterocycles. The zero-order valence-electron chi connectivity index (χ0n) is 9.91. The molecular formula is C10H19NO4S. The summed E-state index contributed by atoms with van der Waals surface area (Å²) in [6, 6.07) is 0. The first-order valence-electron chi connectivity index (χ1n) is 5.08. The molecule has 0 radical (unpaired) electrons. The summed E-state index contributed by atoms with van der Waals surface area (Å²) in [6.07, 6.45) is 0.0895. The van der Waals surface area contributed by atoms with E-state index in [1.54, 1.807) is 20.8 Å². The average Bonchev–Trinajstić information content (AvgIpc) is 2.14. The summed E-state index contributed by atoms with van der Waals surface area (Å²) in [5.41, 5.74) is -0.497. The number of carbonyl (C=O) groups is 2. The van der Waals surface area contributed by atoms with Crippen LogP contribution in [0, 0.1) is 0 Å². The Morgan fingerprint density at radius 1 is 1.31 bits per heavy atom. The van der Waals surface area contributed by atoms with Gasteiger partial charge in [0.05, 0.1) is 12.4 Å². The maximum Gasteiger partial charge on any atom is 0.407 e. The van der Waals surface area contributed by atoms with Gasteiger partial charge in [0, 0.05) is 6.54 Å². The van der Waals surface area contributed by atoms with Gasteiger partial charge in [-0.15, -0.1) is 0 Å². The summed E-state index contributed by atoms with van der Waals surface area (Å²) in [5.74, 6) is -0.292. The second-order valence-electron chi connectivity index (χ2n) is 4.16. The minimum atomic E-state index is -0.497. The number of ether oxygens (including phenoxy) is 2. The molecule has 0 aliphatic rings. The van der Waals surface area contributed by atoms with E-state index >= 15 is 0 Å². The van der Waals surface area contributed by atoms with Crippen molar-refractivity contribution in [1.82, 2.24) is 5.32 Å². The maximum atomic E-state index is 11.2. The van der Waals surface area contributed by atoms with Crippen molar-refractivity contribution in [3.8, 4) is 0 Å². The third kappa shape index (κ3) is 9.64. The Labute approximate surface area is 101 Å². The topological polar surface area (TPSA) is 64.6 Å². The molecule has 6 heteroatoms. The van der Waals surface area contributed by atoms with Gasteiger partial charge in [-0.2, -0.15) is 12.6 Å². The normalized spacial score (nSPS) is 10.8. The lowest BCUT2D eigenvalue weighted by Gasteiger charge is -2.19. The fourth-order valence-corrected chi connectivity index (χ4v) is 0.900. The van der Waals surface area contributed by atoms with Gasteiger partial charge in [-0.25, -0.2) is 4.79 Å². The van der Waals surface area contributed by atoms with Gasteiger partial charge in [-0.05, 0) is 27.2 Å². The standard InChI is InChI=1S/C10H19NO4S/c1-10(2,3)15-9(13)11-5-4-6-14-8(12)7-16/h16H,4-7H2,1-3H3,(H,11,13). The molecule has 5 nitrogen and oxygen atoms in total. The van der Waals surface area contributed by atoms with Crippen LogP contribution in [-0.2, 0) is 14.3 Å². The van der Waals surface area contributed by atoms with Crippen molar-refractivity contribution < 1.29 is 19.1 Å². The number of amides is 1. The van der Waals surface area contributed by atoms with E-state index in [-0.39, 0.29) is 18.3 Å². The zero-order chi connectivity index (χ0) is 12.6. The van der Waals surface area contributed by atoms with Crippen LogP contribution in [0.3, 0.4) is 0 Å². The number of alkyl carbamates (subject to hydrolysis) is 1.